The van der Waals surface area contributed by atoms with E-state index in [4.69, 9.17) is 14.2 Å². The molecule has 8 nitrogen and oxygen atoms in total. The molecule has 4 aliphatic carbocycles. The number of alkyl carbamates (subject to hydrolysis) is 1. The van der Waals surface area contributed by atoms with E-state index in [2.05, 4.69) is 60.7 Å². The van der Waals surface area contributed by atoms with E-state index >= 15 is 0 Å². The Morgan fingerprint density at radius 3 is 2.18 bits per heavy atom. The molecule has 4 saturated carbocycles. The van der Waals surface area contributed by atoms with E-state index < -0.39 is 35.3 Å². The van der Waals surface area contributed by atoms with Crippen molar-refractivity contribution < 1.29 is 34.0 Å². The Bertz CT molecular complexity index is 1160. The van der Waals surface area contributed by atoms with E-state index in [9.17, 15) is 19.8 Å². The lowest BCUT2D eigenvalue weighted by atomic mass is 9.34. The summed E-state index contributed by atoms with van der Waals surface area (Å²) < 4.78 is 18.2. The SMILES string of the molecule is CC(C)(C)OC(=O)NCC(=O)OC1CCC2(C)C(C(O)CC3(C)C2CC(O)C2C(C4(C)CCCC(C)(C)O4)CCC23C)C1(C)C. The van der Waals surface area contributed by atoms with Gasteiger partial charge in [0, 0.05) is 5.41 Å². The van der Waals surface area contributed by atoms with E-state index in [0.717, 1.165) is 44.9 Å². The van der Waals surface area contributed by atoms with Gasteiger partial charge in [0.2, 0.25) is 0 Å². The Morgan fingerprint density at radius 2 is 1.56 bits per heavy atom. The number of carbonyl (C=O) groups is 2. The van der Waals surface area contributed by atoms with Gasteiger partial charge in [0.25, 0.3) is 0 Å². The topological polar surface area (TPSA) is 114 Å². The number of fused-ring (bicyclic) bond motifs is 5. The third-order valence-corrected chi connectivity index (χ3v) is 14.0. The van der Waals surface area contributed by atoms with Crippen LogP contribution in [-0.2, 0) is 19.0 Å². The number of aliphatic hydroxyl groups is 2. The second kappa shape index (κ2) is 11.1. The van der Waals surface area contributed by atoms with Gasteiger partial charge in [0.15, 0.2) is 0 Å². The van der Waals surface area contributed by atoms with Crippen molar-refractivity contribution in [3.63, 3.8) is 0 Å². The molecule has 0 spiro atoms. The van der Waals surface area contributed by atoms with Crippen molar-refractivity contribution in [2.75, 3.05) is 6.54 Å². The van der Waals surface area contributed by atoms with Crippen molar-refractivity contribution in [1.82, 2.24) is 5.32 Å². The maximum atomic E-state index is 12.9. The number of rotatable bonds is 4. The zero-order valence-corrected chi connectivity index (χ0v) is 30.0. The Balaban J connectivity index is 1.36. The molecule has 1 saturated heterocycles. The lowest BCUT2D eigenvalue weighted by molar-refractivity contribution is -0.280. The largest absolute Gasteiger partial charge is 0.460 e. The highest BCUT2D eigenvalue weighted by Crippen LogP contribution is 2.76. The fourth-order valence-corrected chi connectivity index (χ4v) is 12.3. The molecular formula is C37H63NO7. The van der Waals surface area contributed by atoms with Gasteiger partial charge in [-0.25, -0.2) is 4.79 Å². The number of hydrogen-bond donors (Lipinski definition) is 3. The molecule has 5 rings (SSSR count). The summed E-state index contributed by atoms with van der Waals surface area (Å²) in [5.74, 6) is 0.0542. The Hall–Kier alpha value is -1.38. The Morgan fingerprint density at radius 1 is 0.889 bits per heavy atom. The molecule has 5 aliphatic rings. The first-order valence-electron chi connectivity index (χ1n) is 17.7. The fraction of sp³-hybridized carbons (Fsp3) is 0.946. The van der Waals surface area contributed by atoms with Crippen LogP contribution in [0, 0.1) is 45.3 Å². The van der Waals surface area contributed by atoms with Gasteiger partial charge >= 0.3 is 12.1 Å². The zero-order valence-electron chi connectivity index (χ0n) is 30.0. The molecule has 1 heterocycles. The molecule has 0 aromatic carbocycles. The van der Waals surface area contributed by atoms with E-state index in [-0.39, 0.29) is 57.8 Å². The standard InChI is InChI=1S/C37H63NO7/c1-31(2,3)44-30(42)38-21-27(41)43-26-14-17-34(8)25-19-23(39)28-22(37(11)16-12-15-32(4,5)45-37)13-18-35(28,9)36(25,10)20-24(40)29(34)33(26,6)7/h22-26,28-29,39-40H,12-21H2,1-11H3,(H,38,42). The third-order valence-electron chi connectivity index (χ3n) is 14.0. The highest BCUT2D eigenvalue weighted by molar-refractivity contribution is 5.78. The fourth-order valence-electron chi connectivity index (χ4n) is 12.3. The van der Waals surface area contributed by atoms with Crippen LogP contribution in [0.2, 0.25) is 0 Å². The maximum Gasteiger partial charge on any atom is 0.408 e. The van der Waals surface area contributed by atoms with E-state index in [0.29, 0.717) is 18.8 Å². The number of aliphatic hydroxyl groups excluding tert-OH is 2. The van der Waals surface area contributed by atoms with Crippen molar-refractivity contribution in [3.8, 4) is 0 Å². The van der Waals surface area contributed by atoms with Crippen LogP contribution in [0.3, 0.4) is 0 Å². The lowest BCUT2D eigenvalue weighted by Gasteiger charge is -2.71. The van der Waals surface area contributed by atoms with Crippen LogP contribution in [-0.4, -0.2) is 63.9 Å². The van der Waals surface area contributed by atoms with Gasteiger partial charge in [0.1, 0.15) is 18.2 Å². The molecule has 45 heavy (non-hydrogen) atoms. The summed E-state index contributed by atoms with van der Waals surface area (Å²) in [5, 5.41) is 26.8. The predicted octanol–water partition coefficient (Wildman–Crippen LogP) is 6.79. The Kier molecular flexibility index (Phi) is 8.60. The molecular weight excluding hydrogens is 570 g/mol. The summed E-state index contributed by atoms with van der Waals surface area (Å²) in [5.41, 5.74) is -2.05. The number of nitrogens with one attached hydrogen (secondary N) is 1. The van der Waals surface area contributed by atoms with E-state index in [1.807, 2.05) is 0 Å². The van der Waals surface area contributed by atoms with Gasteiger partial charge in [-0.3, -0.25) is 4.79 Å². The molecule has 5 fully saturated rings. The van der Waals surface area contributed by atoms with Crippen LogP contribution in [0.25, 0.3) is 0 Å². The second-order valence-electron chi connectivity index (χ2n) is 18.8. The molecule has 11 unspecified atom stereocenters. The number of carbonyl (C=O) groups excluding carboxylic acids is 2. The quantitative estimate of drug-likeness (QED) is 0.292. The minimum absolute atomic E-state index is 0.0991. The molecule has 8 heteroatoms. The third kappa shape index (κ3) is 5.75. The number of ether oxygens (including phenoxy) is 3. The number of hydrogen-bond acceptors (Lipinski definition) is 7. The zero-order chi connectivity index (χ0) is 33.6. The first-order valence-corrected chi connectivity index (χ1v) is 17.7. The van der Waals surface area contributed by atoms with Crippen molar-refractivity contribution in [1.29, 1.82) is 0 Å². The van der Waals surface area contributed by atoms with Gasteiger partial charge in [-0.05, 0) is 139 Å². The summed E-state index contributed by atoms with van der Waals surface area (Å²) in [6.45, 7) is 23.2. The van der Waals surface area contributed by atoms with E-state index in [1.165, 1.54) is 0 Å². The van der Waals surface area contributed by atoms with Crippen molar-refractivity contribution in [3.05, 3.63) is 0 Å². The molecule has 258 valence electrons. The average Bonchev–Trinajstić information content (AvgIpc) is 3.25. The summed E-state index contributed by atoms with van der Waals surface area (Å²) in [6, 6.07) is 0. The maximum absolute atomic E-state index is 12.9. The highest BCUT2D eigenvalue weighted by atomic mass is 16.6. The van der Waals surface area contributed by atoms with Crippen LogP contribution in [0.5, 0.6) is 0 Å². The molecule has 3 N–H and O–H groups in total. The van der Waals surface area contributed by atoms with Crippen molar-refractivity contribution >= 4 is 12.1 Å². The second-order valence-corrected chi connectivity index (χ2v) is 18.8. The van der Waals surface area contributed by atoms with Crippen LogP contribution in [0.15, 0.2) is 0 Å². The first-order chi connectivity index (χ1) is 20.5. The monoisotopic (exact) mass is 633 g/mol. The summed E-state index contributed by atoms with van der Waals surface area (Å²) >= 11 is 0. The average molecular weight is 634 g/mol. The van der Waals surface area contributed by atoms with Gasteiger partial charge < -0.3 is 29.7 Å². The smallest absolute Gasteiger partial charge is 0.408 e. The van der Waals surface area contributed by atoms with Crippen LogP contribution >= 0.6 is 0 Å². The Labute approximate surface area is 272 Å². The van der Waals surface area contributed by atoms with Gasteiger partial charge in [-0.15, -0.1) is 0 Å². The summed E-state index contributed by atoms with van der Waals surface area (Å²) in [4.78, 5) is 25.0. The first kappa shape index (κ1) is 34.9. The van der Waals surface area contributed by atoms with Gasteiger partial charge in [-0.1, -0.05) is 34.6 Å². The van der Waals surface area contributed by atoms with Gasteiger partial charge in [-0.2, -0.15) is 0 Å². The summed E-state index contributed by atoms with van der Waals surface area (Å²) in [7, 11) is 0. The predicted molar refractivity (Wildman–Crippen MR) is 173 cm³/mol. The van der Waals surface area contributed by atoms with Crippen molar-refractivity contribution in [2.24, 2.45) is 45.3 Å². The highest BCUT2D eigenvalue weighted by Gasteiger charge is 2.73. The number of amides is 1. The molecule has 11 atom stereocenters. The molecule has 1 aliphatic heterocycles. The molecule has 1 amide bonds. The van der Waals surface area contributed by atoms with Crippen LogP contribution in [0.1, 0.15) is 134 Å². The number of esters is 1. The minimum atomic E-state index is -0.656. The van der Waals surface area contributed by atoms with Crippen LogP contribution < -0.4 is 5.32 Å². The molecule has 0 bridgehead atoms. The van der Waals surface area contributed by atoms with Gasteiger partial charge in [0.05, 0.1) is 23.4 Å². The van der Waals surface area contributed by atoms with Crippen LogP contribution in [0.4, 0.5) is 4.79 Å². The summed E-state index contributed by atoms with van der Waals surface area (Å²) in [6.07, 6.45) is 6.21. The van der Waals surface area contributed by atoms with Crippen molar-refractivity contribution in [2.45, 2.75) is 169 Å². The van der Waals surface area contributed by atoms with E-state index in [1.54, 1.807) is 20.8 Å². The molecule has 0 aromatic rings. The normalized spacial score (nSPS) is 47.1. The minimum Gasteiger partial charge on any atom is -0.460 e. The lowest BCUT2D eigenvalue weighted by Crippen LogP contribution is -2.70. The molecule has 0 aromatic heterocycles. The molecule has 0 radical (unpaired) electrons.